The van der Waals surface area contributed by atoms with Crippen molar-refractivity contribution in [2.45, 2.75) is 12.5 Å². The fourth-order valence-corrected chi connectivity index (χ4v) is 4.15. The van der Waals surface area contributed by atoms with Gasteiger partial charge in [0.1, 0.15) is 5.70 Å². The zero-order valence-electron chi connectivity index (χ0n) is 12.3. The highest BCUT2D eigenvalue weighted by Gasteiger charge is 2.48. The lowest BCUT2D eigenvalue weighted by Crippen LogP contribution is -2.52. The molecule has 1 atom stereocenters. The summed E-state index contributed by atoms with van der Waals surface area (Å²) in [6, 6.07) is 5.76. The molecule has 24 heavy (non-hydrogen) atoms. The number of rotatable bonds is 2. The Kier molecular flexibility index (Phi) is 2.56. The Morgan fingerprint density at radius 2 is 2.29 bits per heavy atom. The number of benzene rings is 1. The predicted molar refractivity (Wildman–Crippen MR) is 89.5 cm³/mol. The molecule has 1 fully saturated rings. The number of aromatic nitrogens is 2. The van der Waals surface area contributed by atoms with E-state index in [1.54, 1.807) is 17.4 Å². The lowest BCUT2D eigenvalue weighted by Gasteiger charge is -2.38. The summed E-state index contributed by atoms with van der Waals surface area (Å²) < 4.78 is 2.03. The highest BCUT2D eigenvalue weighted by molar-refractivity contribution is 7.15. The summed E-state index contributed by atoms with van der Waals surface area (Å²) in [5.41, 5.74) is 3.57. The molecule has 1 aromatic carbocycles. The van der Waals surface area contributed by atoms with Gasteiger partial charge in [0, 0.05) is 17.2 Å². The predicted octanol–water partition coefficient (Wildman–Crippen LogP) is 2.52. The summed E-state index contributed by atoms with van der Waals surface area (Å²) in [6.07, 6.45) is 5.99. The number of hydrogen-bond acceptors (Lipinski definition) is 4. The number of β-lactam (4-membered cyclic amide) rings is 1. The monoisotopic (exact) mass is 337 g/mol. The molecule has 0 aliphatic carbocycles. The van der Waals surface area contributed by atoms with Gasteiger partial charge in [0.15, 0.2) is 4.96 Å². The van der Waals surface area contributed by atoms with E-state index in [1.165, 1.54) is 4.90 Å². The van der Waals surface area contributed by atoms with Crippen molar-refractivity contribution < 1.29 is 14.7 Å². The minimum absolute atomic E-state index is 0.0898. The second-order valence-electron chi connectivity index (χ2n) is 5.84. The number of carbonyl (C=O) groups is 2. The van der Waals surface area contributed by atoms with E-state index in [2.05, 4.69) is 4.98 Å². The zero-order chi connectivity index (χ0) is 16.4. The van der Waals surface area contributed by atoms with Gasteiger partial charge in [0.25, 0.3) is 5.91 Å². The van der Waals surface area contributed by atoms with Crippen LogP contribution in [0, 0.1) is 0 Å². The molecule has 3 aromatic rings. The molecule has 1 N–H and O–H groups in total. The summed E-state index contributed by atoms with van der Waals surface area (Å²) in [6.45, 7) is 0. The summed E-state index contributed by atoms with van der Waals surface area (Å²) in [5.74, 6) is -1.28. The summed E-state index contributed by atoms with van der Waals surface area (Å²) in [5, 5.41) is 11.1. The molecule has 4 heterocycles. The standard InChI is InChI=1S/C17H11N3O3S/c21-15-10(12-3-4-14(16(22)23)20(12)15)7-9-1-2-13-11(8-9)18-17-19(13)5-6-24-17/h1-2,4-8,12H,3H2,(H,22,23). The molecule has 1 saturated heterocycles. The first-order chi connectivity index (χ1) is 11.6. The van der Waals surface area contributed by atoms with E-state index in [-0.39, 0.29) is 17.6 Å². The normalized spacial score (nSPS) is 21.4. The molecular weight excluding hydrogens is 326 g/mol. The Morgan fingerprint density at radius 1 is 1.42 bits per heavy atom. The Bertz CT molecular complexity index is 1100. The average Bonchev–Trinajstić information content (AvgIpc) is 3.24. The molecule has 2 aromatic heterocycles. The molecule has 1 amide bonds. The molecule has 118 valence electrons. The molecule has 7 heteroatoms. The molecule has 6 nitrogen and oxygen atoms in total. The molecule has 2 aliphatic rings. The Hall–Kier alpha value is -2.93. The number of carbonyl (C=O) groups excluding carboxylic acids is 1. The number of nitrogens with zero attached hydrogens (tertiary/aromatic N) is 3. The van der Waals surface area contributed by atoms with Gasteiger partial charge in [0.2, 0.25) is 0 Å². The van der Waals surface area contributed by atoms with Crippen LogP contribution in [0.4, 0.5) is 0 Å². The number of amides is 1. The van der Waals surface area contributed by atoms with Crippen LogP contribution in [0.25, 0.3) is 22.1 Å². The van der Waals surface area contributed by atoms with Crippen molar-refractivity contribution in [1.82, 2.24) is 14.3 Å². The highest BCUT2D eigenvalue weighted by atomic mass is 32.1. The number of imidazole rings is 1. The third-order valence-electron chi connectivity index (χ3n) is 4.54. The number of carboxylic acid groups (broad SMARTS) is 1. The van der Waals surface area contributed by atoms with Crippen molar-refractivity contribution >= 4 is 45.3 Å². The molecule has 1 unspecified atom stereocenters. The van der Waals surface area contributed by atoms with Crippen LogP contribution in [0.1, 0.15) is 12.0 Å². The largest absolute Gasteiger partial charge is 0.477 e. The van der Waals surface area contributed by atoms with E-state index in [0.29, 0.717) is 12.0 Å². The van der Waals surface area contributed by atoms with Crippen LogP contribution in [0.5, 0.6) is 0 Å². The van der Waals surface area contributed by atoms with Crippen molar-refractivity contribution in [3.8, 4) is 0 Å². The fraction of sp³-hybridized carbons (Fsp3) is 0.118. The summed E-state index contributed by atoms with van der Waals surface area (Å²) in [7, 11) is 0. The van der Waals surface area contributed by atoms with Crippen molar-refractivity contribution in [3.63, 3.8) is 0 Å². The van der Waals surface area contributed by atoms with Gasteiger partial charge in [-0.25, -0.2) is 9.78 Å². The van der Waals surface area contributed by atoms with Gasteiger partial charge in [0.05, 0.1) is 17.1 Å². The van der Waals surface area contributed by atoms with E-state index >= 15 is 0 Å². The number of hydrogen-bond donors (Lipinski definition) is 1. The number of carboxylic acids is 1. The van der Waals surface area contributed by atoms with Gasteiger partial charge in [-0.05, 0) is 30.2 Å². The molecule has 2 aliphatic heterocycles. The second-order valence-corrected chi connectivity index (χ2v) is 6.71. The fourth-order valence-electron chi connectivity index (χ4n) is 3.42. The van der Waals surface area contributed by atoms with Gasteiger partial charge in [-0.2, -0.15) is 0 Å². The smallest absolute Gasteiger partial charge is 0.352 e. The Balaban J connectivity index is 1.52. The van der Waals surface area contributed by atoms with Crippen LogP contribution < -0.4 is 0 Å². The quantitative estimate of drug-likeness (QED) is 0.576. The van der Waals surface area contributed by atoms with Crippen LogP contribution in [0.2, 0.25) is 0 Å². The molecule has 0 bridgehead atoms. The number of fused-ring (bicyclic) bond motifs is 4. The lowest BCUT2D eigenvalue weighted by atomic mass is 9.92. The third kappa shape index (κ3) is 1.67. The van der Waals surface area contributed by atoms with Crippen LogP contribution >= 0.6 is 11.3 Å². The van der Waals surface area contributed by atoms with Gasteiger partial charge in [-0.1, -0.05) is 12.1 Å². The van der Waals surface area contributed by atoms with Crippen LogP contribution in [-0.2, 0) is 9.59 Å². The van der Waals surface area contributed by atoms with Gasteiger partial charge in [-0.3, -0.25) is 14.1 Å². The molecule has 0 radical (unpaired) electrons. The van der Waals surface area contributed by atoms with Crippen LogP contribution in [0.3, 0.4) is 0 Å². The maximum atomic E-state index is 12.3. The van der Waals surface area contributed by atoms with Crippen molar-refractivity contribution in [3.05, 3.63) is 52.7 Å². The Labute approximate surface area is 139 Å². The SMILES string of the molecule is O=C(O)C1=CCC2C(=Cc3ccc4c(c3)nc3sccn34)C(=O)N12. The van der Waals surface area contributed by atoms with Crippen LogP contribution in [0.15, 0.2) is 47.1 Å². The van der Waals surface area contributed by atoms with E-state index < -0.39 is 5.97 Å². The Morgan fingerprint density at radius 3 is 3.12 bits per heavy atom. The van der Waals surface area contributed by atoms with E-state index in [0.717, 1.165) is 21.6 Å². The zero-order valence-corrected chi connectivity index (χ0v) is 13.2. The number of thiazole rings is 1. The van der Waals surface area contributed by atoms with Crippen molar-refractivity contribution in [2.24, 2.45) is 0 Å². The second kappa shape index (κ2) is 4.55. The first-order valence-electron chi connectivity index (χ1n) is 7.47. The van der Waals surface area contributed by atoms with Gasteiger partial charge in [-0.15, -0.1) is 11.3 Å². The first kappa shape index (κ1) is 13.5. The van der Waals surface area contributed by atoms with Gasteiger partial charge >= 0.3 is 5.97 Å². The summed E-state index contributed by atoms with van der Waals surface area (Å²) >= 11 is 1.58. The van der Waals surface area contributed by atoms with Crippen molar-refractivity contribution in [2.75, 3.05) is 0 Å². The third-order valence-corrected chi connectivity index (χ3v) is 5.29. The maximum absolute atomic E-state index is 12.3. The number of aliphatic carboxylic acids is 1. The topological polar surface area (TPSA) is 74.9 Å². The molecular formula is C17H11N3O3S. The highest BCUT2D eigenvalue weighted by Crippen LogP contribution is 2.39. The first-order valence-corrected chi connectivity index (χ1v) is 8.35. The van der Waals surface area contributed by atoms with E-state index in [9.17, 15) is 9.59 Å². The van der Waals surface area contributed by atoms with E-state index in [1.807, 2.05) is 40.3 Å². The average molecular weight is 337 g/mol. The molecule has 0 spiro atoms. The van der Waals surface area contributed by atoms with Gasteiger partial charge < -0.3 is 5.11 Å². The lowest BCUT2D eigenvalue weighted by molar-refractivity contribution is -0.142. The maximum Gasteiger partial charge on any atom is 0.352 e. The van der Waals surface area contributed by atoms with E-state index in [4.69, 9.17) is 5.11 Å². The van der Waals surface area contributed by atoms with Crippen LogP contribution in [-0.4, -0.2) is 37.3 Å². The summed E-state index contributed by atoms with van der Waals surface area (Å²) in [4.78, 5) is 30.3. The minimum atomic E-state index is -1.05. The molecule has 0 saturated carbocycles. The molecule has 5 rings (SSSR count). The minimum Gasteiger partial charge on any atom is -0.477 e. The van der Waals surface area contributed by atoms with Crippen molar-refractivity contribution in [1.29, 1.82) is 0 Å².